The average Bonchev–Trinajstić information content (AvgIpc) is 3.33. The number of halogens is 1. The van der Waals surface area contributed by atoms with E-state index >= 15 is 0 Å². The number of fused-ring (bicyclic) bond motifs is 1. The van der Waals surface area contributed by atoms with Crippen molar-refractivity contribution in [3.8, 4) is 0 Å². The summed E-state index contributed by atoms with van der Waals surface area (Å²) in [6, 6.07) is 11.1. The number of aromatic nitrogens is 3. The first-order valence-corrected chi connectivity index (χ1v) is 14.6. The third-order valence-electron chi connectivity index (χ3n) is 5.72. The molecular weight excluding hydrogens is 538 g/mol. The van der Waals surface area contributed by atoms with Crippen molar-refractivity contribution in [1.82, 2.24) is 14.6 Å². The molecule has 1 saturated heterocycles. The van der Waals surface area contributed by atoms with Gasteiger partial charge >= 0.3 is 15.2 Å². The van der Waals surface area contributed by atoms with E-state index in [0.717, 1.165) is 5.56 Å². The lowest BCUT2D eigenvalue weighted by molar-refractivity contribution is -0.0624. The van der Waals surface area contributed by atoms with Crippen LogP contribution in [0.4, 0.5) is 5.69 Å². The zero-order chi connectivity index (χ0) is 26.3. The second-order valence-electron chi connectivity index (χ2n) is 8.49. The molecule has 1 fully saturated rings. The van der Waals surface area contributed by atoms with Crippen LogP contribution in [-0.4, -0.2) is 70.8 Å². The van der Waals surface area contributed by atoms with Gasteiger partial charge in [-0.05, 0) is 12.5 Å². The number of anilines is 1. The highest BCUT2D eigenvalue weighted by molar-refractivity contribution is 7.70. The average molecular weight is 563 g/mol. The Morgan fingerprint density at radius 3 is 2.67 bits per heavy atom. The Labute approximate surface area is 210 Å². The molecule has 0 aliphatic carbocycles. The van der Waals surface area contributed by atoms with Crippen molar-refractivity contribution in [2.75, 3.05) is 24.4 Å². The third-order valence-corrected chi connectivity index (χ3v) is 9.36. The summed E-state index contributed by atoms with van der Waals surface area (Å²) in [5.41, 5.74) is -0.146. The van der Waals surface area contributed by atoms with Gasteiger partial charge in [0.1, 0.15) is 12.2 Å². The van der Waals surface area contributed by atoms with Crippen molar-refractivity contribution in [2.24, 2.45) is 0 Å². The van der Waals surface area contributed by atoms with Gasteiger partial charge in [0.25, 0.3) is 0 Å². The Morgan fingerprint density at radius 2 is 2.00 bits per heavy atom. The number of benzene rings is 1. The number of hydrogen-bond acceptors (Lipinski definition) is 9. The van der Waals surface area contributed by atoms with Crippen molar-refractivity contribution in [1.29, 1.82) is 0 Å². The van der Waals surface area contributed by atoms with E-state index in [1.54, 1.807) is 6.07 Å². The summed E-state index contributed by atoms with van der Waals surface area (Å²) in [6.45, 7) is 0.800. The third kappa shape index (κ3) is 5.81. The minimum absolute atomic E-state index is 0.0489. The minimum Gasteiger partial charge on any atom is -0.387 e. The van der Waals surface area contributed by atoms with Crippen molar-refractivity contribution >= 4 is 38.1 Å². The molecule has 0 saturated carbocycles. The fourth-order valence-electron chi connectivity index (χ4n) is 3.94. The van der Waals surface area contributed by atoms with E-state index in [0.29, 0.717) is 11.3 Å². The molecule has 4 rings (SSSR count). The first kappa shape index (κ1) is 27.2. The van der Waals surface area contributed by atoms with Gasteiger partial charge in [-0.2, -0.15) is 5.10 Å². The fraction of sp³-hybridized carbons (Fsp3) is 0.400. The van der Waals surface area contributed by atoms with Crippen LogP contribution in [0.5, 0.6) is 0 Å². The molecule has 196 valence electrons. The van der Waals surface area contributed by atoms with Gasteiger partial charge in [-0.3, -0.25) is 9.13 Å². The molecule has 6 N–H and O–H groups in total. The summed E-state index contributed by atoms with van der Waals surface area (Å²) in [5.74, 6) is -1.39. The lowest BCUT2D eigenvalue weighted by Crippen LogP contribution is -2.43. The van der Waals surface area contributed by atoms with Gasteiger partial charge in [-0.25, -0.2) is 9.50 Å². The first-order chi connectivity index (χ1) is 16.8. The summed E-state index contributed by atoms with van der Waals surface area (Å²) in [5, 5.41) is 29.7. The van der Waals surface area contributed by atoms with Gasteiger partial charge in [0, 0.05) is 12.1 Å². The molecule has 0 spiro atoms. The number of ether oxygens (including phenoxy) is 1. The number of nitrogens with zero attached hydrogens (tertiary/aromatic N) is 3. The molecule has 36 heavy (non-hydrogen) atoms. The SMILES string of the molecule is C[C@H](Nc1cc(Cl)nn2c([C@]3(O)CO[C@H](COP(=O)(O)CP(=O)(O)O)[C@H]3O)cnc12)c1ccccc1. The van der Waals surface area contributed by atoms with E-state index in [1.165, 1.54) is 10.7 Å². The number of rotatable bonds is 9. The maximum absolute atomic E-state index is 11.9. The zero-order valence-corrected chi connectivity index (χ0v) is 21.4. The van der Waals surface area contributed by atoms with Crippen molar-refractivity contribution in [3.63, 3.8) is 0 Å². The van der Waals surface area contributed by atoms with Crippen LogP contribution in [0.15, 0.2) is 42.6 Å². The monoisotopic (exact) mass is 562 g/mol. The molecule has 1 aromatic carbocycles. The van der Waals surface area contributed by atoms with Gasteiger partial charge < -0.3 is 39.5 Å². The summed E-state index contributed by atoms with van der Waals surface area (Å²) < 4.78 is 34.3. The van der Waals surface area contributed by atoms with Crippen LogP contribution < -0.4 is 5.32 Å². The summed E-state index contributed by atoms with van der Waals surface area (Å²) in [7, 11) is -9.50. The van der Waals surface area contributed by atoms with Crippen molar-refractivity contribution in [2.45, 2.75) is 30.8 Å². The highest BCUT2D eigenvalue weighted by Crippen LogP contribution is 2.55. The second-order valence-corrected chi connectivity index (χ2v) is 12.9. The molecule has 0 radical (unpaired) electrons. The van der Waals surface area contributed by atoms with E-state index < -0.39 is 52.1 Å². The van der Waals surface area contributed by atoms with E-state index in [9.17, 15) is 24.2 Å². The van der Waals surface area contributed by atoms with E-state index in [2.05, 4.69) is 15.4 Å². The predicted octanol–water partition coefficient (Wildman–Crippen LogP) is 1.84. The van der Waals surface area contributed by atoms with Crippen LogP contribution in [-0.2, 0) is 24.0 Å². The van der Waals surface area contributed by atoms with Crippen molar-refractivity contribution < 1.29 is 43.3 Å². The van der Waals surface area contributed by atoms with Gasteiger partial charge in [0.2, 0.25) is 0 Å². The summed E-state index contributed by atoms with van der Waals surface area (Å²) in [4.78, 5) is 31.8. The number of nitrogens with one attached hydrogen (secondary N) is 1. The van der Waals surface area contributed by atoms with Crippen LogP contribution in [0, 0.1) is 0 Å². The van der Waals surface area contributed by atoms with Crippen molar-refractivity contribution in [3.05, 3.63) is 59.0 Å². The maximum Gasteiger partial charge on any atom is 0.340 e. The predicted molar refractivity (Wildman–Crippen MR) is 129 cm³/mol. The number of aliphatic hydroxyl groups is 2. The normalized spacial score (nSPS) is 25.1. The molecule has 1 aliphatic heterocycles. The molecule has 5 atom stereocenters. The fourth-order valence-corrected chi connectivity index (χ4v) is 6.70. The Kier molecular flexibility index (Phi) is 7.63. The highest BCUT2D eigenvalue weighted by atomic mass is 35.5. The lowest BCUT2D eigenvalue weighted by atomic mass is 9.93. The topological polar surface area (TPSA) is 196 Å². The molecule has 13 nitrogen and oxygen atoms in total. The molecular formula is C20H25ClN4O9P2. The van der Waals surface area contributed by atoms with E-state index in [-0.39, 0.29) is 16.9 Å². The summed E-state index contributed by atoms with van der Waals surface area (Å²) >= 11 is 6.23. The highest BCUT2D eigenvalue weighted by Gasteiger charge is 2.52. The maximum atomic E-state index is 11.9. The van der Waals surface area contributed by atoms with Gasteiger partial charge in [-0.15, -0.1) is 0 Å². The molecule has 1 aliphatic rings. The Hall–Kier alpha value is -1.89. The van der Waals surface area contributed by atoms with Crippen LogP contribution in [0.2, 0.25) is 5.15 Å². The van der Waals surface area contributed by atoms with Crippen LogP contribution >= 0.6 is 26.8 Å². The minimum atomic E-state index is -4.83. The smallest absolute Gasteiger partial charge is 0.340 e. The molecule has 2 aromatic heterocycles. The Morgan fingerprint density at radius 1 is 1.31 bits per heavy atom. The second kappa shape index (κ2) is 10.1. The standard InChI is InChI=1S/C20H25ClN4O9P2/c1-12(13-5-3-2-4-6-13)23-14-7-17(21)24-25-16(8-22-19(14)25)20(27)10-33-15(18(20)26)9-34-36(31,32)11-35(28,29)30/h2-8,12,15,18,23,26-27H,9-11H2,1H3,(H,31,32)(H2,28,29,30)/t12-,15+,18+,20+/m0/s1. The molecule has 16 heteroatoms. The zero-order valence-electron chi connectivity index (χ0n) is 18.9. The summed E-state index contributed by atoms with van der Waals surface area (Å²) in [6.07, 6.45) is -1.64. The quantitative estimate of drug-likeness (QED) is 0.207. The molecule has 1 unspecified atom stereocenters. The van der Waals surface area contributed by atoms with Crippen LogP contribution in [0.3, 0.4) is 0 Å². The van der Waals surface area contributed by atoms with E-state index in [1.807, 2.05) is 37.3 Å². The van der Waals surface area contributed by atoms with Gasteiger partial charge in [0.15, 0.2) is 22.3 Å². The van der Waals surface area contributed by atoms with Crippen LogP contribution in [0.1, 0.15) is 24.2 Å². The molecule has 3 aromatic rings. The van der Waals surface area contributed by atoms with Gasteiger partial charge in [-0.1, -0.05) is 41.9 Å². The molecule has 0 amide bonds. The number of aliphatic hydroxyl groups excluding tert-OH is 1. The molecule has 3 heterocycles. The van der Waals surface area contributed by atoms with Crippen LogP contribution in [0.25, 0.3) is 5.65 Å². The number of imidazole rings is 1. The van der Waals surface area contributed by atoms with E-state index in [4.69, 9.17) is 30.6 Å². The number of hydrogen-bond donors (Lipinski definition) is 6. The Bertz CT molecular complexity index is 1340. The lowest BCUT2D eigenvalue weighted by Gasteiger charge is -2.26. The molecule has 0 bridgehead atoms. The Balaban J connectivity index is 1.57. The first-order valence-electron chi connectivity index (χ1n) is 10.7. The van der Waals surface area contributed by atoms with Gasteiger partial charge in [0.05, 0.1) is 30.8 Å². The largest absolute Gasteiger partial charge is 0.387 e.